The molecule has 0 aliphatic heterocycles. The zero-order chi connectivity index (χ0) is 15.2. The summed E-state index contributed by atoms with van der Waals surface area (Å²) in [6, 6.07) is 15.5. The van der Waals surface area contributed by atoms with Gasteiger partial charge in [0.2, 0.25) is 0 Å². The molecule has 104 valence electrons. The molecule has 0 bridgehead atoms. The largest absolute Gasteiger partial charge is 0.478 e. The Morgan fingerprint density at radius 1 is 1.19 bits per heavy atom. The summed E-state index contributed by atoms with van der Waals surface area (Å²) in [4.78, 5) is 10.9. The molecule has 0 heterocycles. The molecule has 0 fully saturated rings. The highest BCUT2D eigenvalue weighted by Crippen LogP contribution is 2.11. The van der Waals surface area contributed by atoms with Crippen LogP contribution in [0.25, 0.3) is 0 Å². The lowest BCUT2D eigenvalue weighted by atomic mass is 10.1. The van der Waals surface area contributed by atoms with E-state index >= 15 is 0 Å². The lowest BCUT2D eigenvalue weighted by Crippen LogP contribution is -2.01. The molecule has 0 aliphatic carbocycles. The van der Waals surface area contributed by atoms with Gasteiger partial charge in [0.15, 0.2) is 0 Å². The zero-order valence-corrected chi connectivity index (χ0v) is 11.4. The number of aromatic carboxylic acids is 1. The van der Waals surface area contributed by atoms with Crippen molar-refractivity contribution < 1.29 is 9.90 Å². The monoisotopic (exact) mass is 279 g/mol. The Hall–Kier alpha value is -3.13. The molecule has 0 amide bonds. The molecular weight excluding hydrogens is 266 g/mol. The van der Waals surface area contributed by atoms with Crippen LogP contribution in [-0.2, 0) is 0 Å². The third kappa shape index (κ3) is 3.67. The standard InChI is InChI=1S/C16H13N3O2/c1-11(13-7-5-12(10-17)6-8-13)18-19-15-4-2-3-14(9-15)16(20)21/h2-9,19H,1H3,(H,20,21)/b18-11-. The maximum absolute atomic E-state index is 10.9. The van der Waals surface area contributed by atoms with Crippen molar-refractivity contribution in [2.24, 2.45) is 5.10 Å². The number of benzene rings is 2. The van der Waals surface area contributed by atoms with Crippen LogP contribution in [0.2, 0.25) is 0 Å². The van der Waals surface area contributed by atoms with E-state index < -0.39 is 5.97 Å². The van der Waals surface area contributed by atoms with Crippen molar-refractivity contribution in [2.75, 3.05) is 5.43 Å². The number of carbonyl (C=O) groups is 1. The van der Waals surface area contributed by atoms with Gasteiger partial charge in [0.25, 0.3) is 0 Å². The predicted molar refractivity (Wildman–Crippen MR) is 80.4 cm³/mol. The minimum Gasteiger partial charge on any atom is -0.478 e. The average molecular weight is 279 g/mol. The van der Waals surface area contributed by atoms with Crippen molar-refractivity contribution in [1.29, 1.82) is 5.26 Å². The molecule has 5 nitrogen and oxygen atoms in total. The van der Waals surface area contributed by atoms with E-state index in [2.05, 4.69) is 16.6 Å². The van der Waals surface area contributed by atoms with E-state index in [4.69, 9.17) is 10.4 Å². The summed E-state index contributed by atoms with van der Waals surface area (Å²) in [6.45, 7) is 1.83. The van der Waals surface area contributed by atoms with E-state index in [0.29, 0.717) is 11.3 Å². The molecule has 0 saturated heterocycles. The predicted octanol–water partition coefficient (Wildman–Crippen LogP) is 3.09. The number of anilines is 1. The van der Waals surface area contributed by atoms with Crippen molar-refractivity contribution in [3.05, 3.63) is 65.2 Å². The first-order chi connectivity index (χ1) is 10.1. The Labute approximate surface area is 122 Å². The van der Waals surface area contributed by atoms with E-state index in [9.17, 15) is 4.79 Å². The molecule has 2 aromatic carbocycles. The van der Waals surface area contributed by atoms with Gasteiger partial charge in [0, 0.05) is 0 Å². The molecular formula is C16H13N3O2. The van der Waals surface area contributed by atoms with Gasteiger partial charge in [0.05, 0.1) is 28.6 Å². The molecule has 0 unspecified atom stereocenters. The normalized spacial score (nSPS) is 10.8. The van der Waals surface area contributed by atoms with Gasteiger partial charge in [-0.05, 0) is 42.8 Å². The van der Waals surface area contributed by atoms with Crippen LogP contribution in [0.5, 0.6) is 0 Å². The smallest absolute Gasteiger partial charge is 0.335 e. The van der Waals surface area contributed by atoms with E-state index in [-0.39, 0.29) is 5.56 Å². The molecule has 5 heteroatoms. The maximum atomic E-state index is 10.9. The van der Waals surface area contributed by atoms with Crippen molar-refractivity contribution in [1.82, 2.24) is 0 Å². The van der Waals surface area contributed by atoms with Crippen LogP contribution in [0.15, 0.2) is 53.6 Å². The first kappa shape index (κ1) is 14.3. The Balaban J connectivity index is 2.14. The Morgan fingerprint density at radius 3 is 2.52 bits per heavy atom. The van der Waals surface area contributed by atoms with Crippen molar-refractivity contribution in [3.8, 4) is 6.07 Å². The second-order valence-electron chi connectivity index (χ2n) is 4.38. The van der Waals surface area contributed by atoms with Crippen LogP contribution >= 0.6 is 0 Å². The molecule has 2 rings (SSSR count). The highest BCUT2D eigenvalue weighted by Gasteiger charge is 2.03. The van der Waals surface area contributed by atoms with E-state index in [1.807, 2.05) is 19.1 Å². The number of nitriles is 1. The summed E-state index contributed by atoms with van der Waals surface area (Å²) in [5.74, 6) is -0.980. The molecule has 0 spiro atoms. The van der Waals surface area contributed by atoms with Crippen LogP contribution in [-0.4, -0.2) is 16.8 Å². The molecule has 0 saturated carbocycles. The summed E-state index contributed by atoms with van der Waals surface area (Å²) in [5, 5.41) is 21.9. The summed E-state index contributed by atoms with van der Waals surface area (Å²) in [6.07, 6.45) is 0. The third-order valence-corrected chi connectivity index (χ3v) is 2.89. The molecule has 21 heavy (non-hydrogen) atoms. The summed E-state index contributed by atoms with van der Waals surface area (Å²) in [5.41, 5.74) is 5.84. The van der Waals surface area contributed by atoms with Gasteiger partial charge in [-0.2, -0.15) is 10.4 Å². The number of carboxylic acids is 1. The van der Waals surface area contributed by atoms with Gasteiger partial charge in [-0.3, -0.25) is 5.43 Å². The number of nitrogens with one attached hydrogen (secondary N) is 1. The third-order valence-electron chi connectivity index (χ3n) is 2.89. The van der Waals surface area contributed by atoms with Gasteiger partial charge in [-0.1, -0.05) is 18.2 Å². The SMILES string of the molecule is C/C(=N/Nc1cccc(C(=O)O)c1)c1ccc(C#N)cc1. The van der Waals surface area contributed by atoms with Gasteiger partial charge < -0.3 is 5.11 Å². The summed E-state index contributed by atoms with van der Waals surface area (Å²) < 4.78 is 0. The minimum atomic E-state index is -0.980. The number of carboxylic acid groups (broad SMARTS) is 1. The number of rotatable bonds is 4. The zero-order valence-electron chi connectivity index (χ0n) is 11.4. The lowest BCUT2D eigenvalue weighted by Gasteiger charge is -2.04. The van der Waals surface area contributed by atoms with Crippen molar-refractivity contribution in [3.63, 3.8) is 0 Å². The fourth-order valence-corrected chi connectivity index (χ4v) is 1.72. The molecule has 0 aliphatic rings. The van der Waals surface area contributed by atoms with Gasteiger partial charge in [-0.25, -0.2) is 4.79 Å². The first-order valence-electron chi connectivity index (χ1n) is 6.24. The van der Waals surface area contributed by atoms with Crippen molar-refractivity contribution in [2.45, 2.75) is 6.92 Å². The molecule has 2 N–H and O–H groups in total. The van der Waals surface area contributed by atoms with Crippen LogP contribution in [0.4, 0.5) is 5.69 Å². The number of hydrogen-bond donors (Lipinski definition) is 2. The lowest BCUT2D eigenvalue weighted by molar-refractivity contribution is 0.0697. The van der Waals surface area contributed by atoms with Crippen LogP contribution < -0.4 is 5.43 Å². The number of hydrogen-bond acceptors (Lipinski definition) is 4. The fourth-order valence-electron chi connectivity index (χ4n) is 1.72. The van der Waals surface area contributed by atoms with Gasteiger partial charge in [-0.15, -0.1) is 0 Å². The number of nitrogens with zero attached hydrogens (tertiary/aromatic N) is 2. The highest BCUT2D eigenvalue weighted by atomic mass is 16.4. The Bertz CT molecular complexity index is 728. The van der Waals surface area contributed by atoms with E-state index in [0.717, 1.165) is 11.3 Å². The summed E-state index contributed by atoms with van der Waals surface area (Å²) in [7, 11) is 0. The Morgan fingerprint density at radius 2 is 1.90 bits per heavy atom. The quantitative estimate of drug-likeness (QED) is 0.665. The topological polar surface area (TPSA) is 85.5 Å². The molecule has 0 aromatic heterocycles. The van der Waals surface area contributed by atoms with Gasteiger partial charge >= 0.3 is 5.97 Å². The maximum Gasteiger partial charge on any atom is 0.335 e. The highest BCUT2D eigenvalue weighted by molar-refractivity contribution is 5.99. The fraction of sp³-hybridized carbons (Fsp3) is 0.0625. The van der Waals surface area contributed by atoms with Crippen LogP contribution in [0.1, 0.15) is 28.4 Å². The Kier molecular flexibility index (Phi) is 4.32. The molecule has 0 atom stereocenters. The van der Waals surface area contributed by atoms with E-state index in [1.165, 1.54) is 12.1 Å². The van der Waals surface area contributed by atoms with E-state index in [1.54, 1.807) is 24.3 Å². The van der Waals surface area contributed by atoms with Crippen LogP contribution in [0.3, 0.4) is 0 Å². The second kappa shape index (κ2) is 6.35. The van der Waals surface area contributed by atoms with Gasteiger partial charge in [0.1, 0.15) is 0 Å². The van der Waals surface area contributed by atoms with Crippen LogP contribution in [0, 0.1) is 11.3 Å². The number of hydrazone groups is 1. The van der Waals surface area contributed by atoms with Crippen molar-refractivity contribution >= 4 is 17.4 Å². The minimum absolute atomic E-state index is 0.200. The molecule has 0 radical (unpaired) electrons. The first-order valence-corrected chi connectivity index (χ1v) is 6.24. The second-order valence-corrected chi connectivity index (χ2v) is 4.38. The molecule has 2 aromatic rings. The summed E-state index contributed by atoms with van der Waals surface area (Å²) >= 11 is 0. The average Bonchev–Trinajstić information content (AvgIpc) is 2.53.